The molecule has 5 rings (SSSR count). The summed E-state index contributed by atoms with van der Waals surface area (Å²) in [7, 11) is 0. The number of aliphatic hydroxyl groups is 1. The summed E-state index contributed by atoms with van der Waals surface area (Å²) in [4.78, 5) is 35.4. The third-order valence-corrected chi connectivity index (χ3v) is 7.77. The van der Waals surface area contributed by atoms with Crippen LogP contribution in [-0.4, -0.2) is 59.0 Å². The molecule has 1 fully saturated rings. The Bertz CT molecular complexity index is 1120. The number of ketones is 1. The molecule has 1 unspecified atom stereocenters. The Morgan fingerprint density at radius 1 is 1.18 bits per heavy atom. The second-order valence-electron chi connectivity index (χ2n) is 8.27. The highest BCUT2D eigenvalue weighted by molar-refractivity contribution is 7.14. The van der Waals surface area contributed by atoms with E-state index in [-0.39, 0.29) is 17.8 Å². The second kappa shape index (κ2) is 9.72. The van der Waals surface area contributed by atoms with Crippen LogP contribution in [0.15, 0.2) is 47.2 Å². The number of amides is 1. The smallest absolute Gasteiger partial charge is 0.270 e. The van der Waals surface area contributed by atoms with Crippen molar-refractivity contribution in [2.45, 2.75) is 31.5 Å². The number of aromatic nitrogens is 1. The van der Waals surface area contributed by atoms with Gasteiger partial charge in [-0.25, -0.2) is 4.98 Å². The van der Waals surface area contributed by atoms with Crippen molar-refractivity contribution >= 4 is 39.5 Å². The third kappa shape index (κ3) is 4.72. The summed E-state index contributed by atoms with van der Waals surface area (Å²) in [6.45, 7) is 3.15. The first-order valence-electron chi connectivity index (χ1n) is 11.1. The number of ether oxygens (including phenoxy) is 1. The maximum Gasteiger partial charge on any atom is 0.270 e. The highest BCUT2D eigenvalue weighted by atomic mass is 32.1. The van der Waals surface area contributed by atoms with Crippen LogP contribution in [0, 0.1) is 0 Å². The Hall–Kier alpha value is -2.59. The first kappa shape index (κ1) is 22.2. The number of fused-ring (bicyclic) bond motifs is 1. The van der Waals surface area contributed by atoms with Gasteiger partial charge in [0, 0.05) is 25.0 Å². The van der Waals surface area contributed by atoms with Gasteiger partial charge in [0.05, 0.1) is 16.5 Å². The van der Waals surface area contributed by atoms with Crippen molar-refractivity contribution in [2.24, 2.45) is 0 Å². The minimum absolute atomic E-state index is 0.0816. The SMILES string of the molecule is O=C1c2ccccc2OC1c1csc(N(CCCN2CCC(O)CC2)C(=O)c2cccs2)n1. The van der Waals surface area contributed by atoms with Crippen LogP contribution < -0.4 is 9.64 Å². The molecule has 2 aromatic heterocycles. The van der Waals surface area contributed by atoms with Crippen LogP contribution in [0.2, 0.25) is 0 Å². The number of carbonyl (C=O) groups excluding carboxylic acids is 2. The number of thiazole rings is 1. The van der Waals surface area contributed by atoms with Gasteiger partial charge >= 0.3 is 0 Å². The molecule has 0 bridgehead atoms. The predicted octanol–water partition coefficient (Wildman–Crippen LogP) is 4.01. The summed E-state index contributed by atoms with van der Waals surface area (Å²) in [5, 5.41) is 14.0. The van der Waals surface area contributed by atoms with Crippen molar-refractivity contribution < 1.29 is 19.4 Å². The van der Waals surface area contributed by atoms with Crippen LogP contribution in [0.3, 0.4) is 0 Å². The van der Waals surface area contributed by atoms with Gasteiger partial charge in [-0.05, 0) is 49.4 Å². The molecule has 1 amide bonds. The molecule has 0 aliphatic carbocycles. The van der Waals surface area contributed by atoms with E-state index in [1.165, 1.54) is 22.7 Å². The number of piperidine rings is 1. The fraction of sp³-hybridized carbons (Fsp3) is 0.375. The number of benzene rings is 1. The van der Waals surface area contributed by atoms with Gasteiger partial charge in [-0.15, -0.1) is 22.7 Å². The molecule has 3 aromatic rings. The average Bonchev–Trinajstić information content (AvgIpc) is 3.59. The van der Waals surface area contributed by atoms with Crippen molar-refractivity contribution in [3.8, 4) is 5.75 Å². The lowest BCUT2D eigenvalue weighted by molar-refractivity contribution is 0.0821. The number of thiophene rings is 1. The van der Waals surface area contributed by atoms with E-state index in [1.807, 2.05) is 35.0 Å². The molecule has 0 radical (unpaired) electrons. The maximum absolute atomic E-state index is 13.3. The van der Waals surface area contributed by atoms with Gasteiger partial charge < -0.3 is 14.7 Å². The number of nitrogens with zero attached hydrogens (tertiary/aromatic N) is 3. The van der Waals surface area contributed by atoms with Crippen LogP contribution >= 0.6 is 22.7 Å². The number of para-hydroxylation sites is 1. The van der Waals surface area contributed by atoms with Gasteiger partial charge in [0.25, 0.3) is 5.91 Å². The van der Waals surface area contributed by atoms with Gasteiger partial charge in [-0.3, -0.25) is 14.5 Å². The monoisotopic (exact) mass is 483 g/mol. The Morgan fingerprint density at radius 3 is 2.76 bits per heavy atom. The topological polar surface area (TPSA) is 83.0 Å². The summed E-state index contributed by atoms with van der Waals surface area (Å²) in [6, 6.07) is 10.9. The van der Waals surface area contributed by atoms with Crippen molar-refractivity contribution in [1.29, 1.82) is 0 Å². The Morgan fingerprint density at radius 2 is 2.00 bits per heavy atom. The maximum atomic E-state index is 13.3. The lowest BCUT2D eigenvalue weighted by Gasteiger charge is -2.30. The number of hydrogen-bond donors (Lipinski definition) is 1. The van der Waals surface area contributed by atoms with Crippen molar-refractivity contribution in [3.63, 3.8) is 0 Å². The standard InChI is InChI=1S/C24H25N3O4S2/c28-16-8-12-26(13-9-16)10-4-11-27(23(30)20-7-3-14-32-20)24-25-18(15-33-24)22-21(29)17-5-1-2-6-19(17)31-22/h1-3,5-7,14-16,22,28H,4,8-13H2. The van der Waals surface area contributed by atoms with Crippen LogP contribution in [0.4, 0.5) is 5.13 Å². The van der Waals surface area contributed by atoms with Gasteiger partial charge in [0.2, 0.25) is 11.9 Å². The zero-order valence-corrected chi connectivity index (χ0v) is 19.7. The highest BCUT2D eigenvalue weighted by Crippen LogP contribution is 2.38. The van der Waals surface area contributed by atoms with E-state index in [2.05, 4.69) is 9.88 Å². The normalized spacial score (nSPS) is 18.8. The number of likely N-dealkylation sites (tertiary alicyclic amines) is 1. The van der Waals surface area contributed by atoms with E-state index in [0.717, 1.165) is 38.9 Å². The molecule has 9 heteroatoms. The molecule has 1 N–H and O–H groups in total. The number of rotatable bonds is 7. The molecule has 2 aliphatic heterocycles. The second-order valence-corrected chi connectivity index (χ2v) is 10.1. The van der Waals surface area contributed by atoms with Crippen LogP contribution in [0.5, 0.6) is 5.75 Å². The average molecular weight is 484 g/mol. The number of Topliss-reactive ketones (excluding diaryl/α,β-unsaturated/α-hetero) is 1. The number of aliphatic hydroxyl groups excluding tert-OH is 1. The predicted molar refractivity (Wildman–Crippen MR) is 129 cm³/mol. The first-order valence-corrected chi connectivity index (χ1v) is 12.9. The molecule has 1 aromatic carbocycles. The Labute approximate surface area is 200 Å². The molecule has 4 heterocycles. The molecule has 0 saturated carbocycles. The highest BCUT2D eigenvalue weighted by Gasteiger charge is 2.35. The fourth-order valence-electron chi connectivity index (χ4n) is 4.22. The number of carbonyl (C=O) groups is 2. The van der Waals surface area contributed by atoms with Crippen LogP contribution in [0.1, 0.15) is 51.1 Å². The number of anilines is 1. The summed E-state index contributed by atoms with van der Waals surface area (Å²) in [5.74, 6) is 0.382. The molecule has 1 atom stereocenters. The first-order chi connectivity index (χ1) is 16.1. The van der Waals surface area contributed by atoms with Gasteiger partial charge in [0.1, 0.15) is 11.4 Å². The quantitative estimate of drug-likeness (QED) is 0.547. The van der Waals surface area contributed by atoms with Gasteiger partial charge in [-0.2, -0.15) is 0 Å². The summed E-state index contributed by atoms with van der Waals surface area (Å²) >= 11 is 2.77. The van der Waals surface area contributed by atoms with E-state index in [1.54, 1.807) is 17.0 Å². The van der Waals surface area contributed by atoms with Crippen molar-refractivity contribution in [3.05, 3.63) is 63.3 Å². The van der Waals surface area contributed by atoms with Crippen molar-refractivity contribution in [1.82, 2.24) is 9.88 Å². The lowest BCUT2D eigenvalue weighted by atomic mass is 10.1. The van der Waals surface area contributed by atoms with Gasteiger partial charge in [0.15, 0.2) is 5.13 Å². The molecular weight excluding hydrogens is 458 g/mol. The van der Waals surface area contributed by atoms with E-state index < -0.39 is 6.10 Å². The van der Waals surface area contributed by atoms with E-state index in [9.17, 15) is 14.7 Å². The van der Waals surface area contributed by atoms with Crippen LogP contribution in [-0.2, 0) is 0 Å². The zero-order valence-electron chi connectivity index (χ0n) is 18.1. The fourth-order valence-corrected chi connectivity index (χ4v) is 5.76. The lowest BCUT2D eigenvalue weighted by Crippen LogP contribution is -2.38. The summed E-state index contributed by atoms with van der Waals surface area (Å²) in [5.41, 5.74) is 1.10. The minimum Gasteiger partial charge on any atom is -0.475 e. The largest absolute Gasteiger partial charge is 0.475 e. The third-order valence-electron chi connectivity index (χ3n) is 6.04. The zero-order chi connectivity index (χ0) is 22.8. The van der Waals surface area contributed by atoms with Crippen LogP contribution in [0.25, 0.3) is 0 Å². The minimum atomic E-state index is -0.772. The molecular formula is C24H25N3O4S2. The molecule has 2 aliphatic rings. The molecule has 33 heavy (non-hydrogen) atoms. The van der Waals surface area contributed by atoms with Gasteiger partial charge in [-0.1, -0.05) is 18.2 Å². The number of hydrogen-bond acceptors (Lipinski definition) is 8. The Kier molecular flexibility index (Phi) is 6.55. The molecule has 7 nitrogen and oxygen atoms in total. The van der Waals surface area contributed by atoms with E-state index in [4.69, 9.17) is 4.74 Å². The van der Waals surface area contributed by atoms with E-state index in [0.29, 0.717) is 33.6 Å². The van der Waals surface area contributed by atoms with E-state index >= 15 is 0 Å². The summed E-state index contributed by atoms with van der Waals surface area (Å²) in [6.07, 6.45) is 1.42. The molecule has 1 saturated heterocycles. The Balaban J connectivity index is 1.31. The molecule has 172 valence electrons. The summed E-state index contributed by atoms with van der Waals surface area (Å²) < 4.78 is 5.87. The molecule has 0 spiro atoms. The van der Waals surface area contributed by atoms with Crippen molar-refractivity contribution in [2.75, 3.05) is 31.1 Å².